The zero-order chi connectivity index (χ0) is 26.2. The Morgan fingerprint density at radius 2 is 1.76 bits per heavy atom. The summed E-state index contributed by atoms with van der Waals surface area (Å²) in [4.78, 5) is 44.6. The van der Waals surface area contributed by atoms with E-state index in [4.69, 9.17) is 4.74 Å². The summed E-state index contributed by atoms with van der Waals surface area (Å²) in [6, 6.07) is 19.1. The molecule has 3 aromatic carbocycles. The fraction of sp³-hybridized carbons (Fsp3) is 0.143. The van der Waals surface area contributed by atoms with Crippen molar-refractivity contribution in [2.75, 3.05) is 12.0 Å². The van der Waals surface area contributed by atoms with Gasteiger partial charge in [-0.2, -0.15) is 0 Å². The summed E-state index contributed by atoms with van der Waals surface area (Å²) in [5.74, 6) is -2.67. The second kappa shape index (κ2) is 10.9. The molecule has 0 spiro atoms. The topological polar surface area (TPSA) is 112 Å². The number of hydrogen-bond acceptors (Lipinski definition) is 6. The van der Waals surface area contributed by atoms with Gasteiger partial charge in [0, 0.05) is 34.9 Å². The van der Waals surface area contributed by atoms with Crippen molar-refractivity contribution < 1.29 is 58.2 Å². The number of nitrogens with zero attached hydrogens (tertiary/aromatic N) is 2. The number of carbonyl (C=O) groups excluding carboxylic acids is 3. The third-order valence-corrected chi connectivity index (χ3v) is 6.45. The van der Waals surface area contributed by atoms with Crippen LogP contribution in [0, 0.1) is 5.82 Å². The van der Waals surface area contributed by atoms with Gasteiger partial charge in [0.25, 0.3) is 11.8 Å². The number of halogens is 1. The van der Waals surface area contributed by atoms with E-state index in [9.17, 15) is 23.9 Å². The van der Waals surface area contributed by atoms with Crippen LogP contribution < -0.4 is 49.6 Å². The maximum Gasteiger partial charge on any atom is 1.00 e. The van der Waals surface area contributed by atoms with Crippen molar-refractivity contribution in [1.29, 1.82) is 0 Å². The van der Waals surface area contributed by atoms with Crippen LogP contribution in [0.15, 0.2) is 79.0 Å². The number of aliphatic carboxylic acids is 1. The molecule has 5 rings (SSSR count). The van der Waals surface area contributed by atoms with Crippen LogP contribution in [-0.2, 0) is 15.1 Å². The van der Waals surface area contributed by atoms with Crippen LogP contribution in [0.5, 0.6) is 5.75 Å². The van der Waals surface area contributed by atoms with Crippen LogP contribution >= 0.6 is 0 Å². The van der Waals surface area contributed by atoms with E-state index in [-0.39, 0.29) is 41.7 Å². The van der Waals surface area contributed by atoms with E-state index >= 15 is 0 Å². The first-order chi connectivity index (χ1) is 17.8. The molecule has 2 heterocycles. The number of methoxy groups -OCH3 is 1. The number of carbonyl (C=O) groups is 3. The van der Waals surface area contributed by atoms with Gasteiger partial charge in [-0.1, -0.05) is 30.3 Å². The van der Waals surface area contributed by atoms with Crippen LogP contribution in [0.2, 0.25) is 0 Å². The molecule has 10 heteroatoms. The van der Waals surface area contributed by atoms with Crippen LogP contribution in [0.3, 0.4) is 0 Å². The summed E-state index contributed by atoms with van der Waals surface area (Å²) in [5, 5.41) is 15.9. The largest absolute Gasteiger partial charge is 1.00 e. The zero-order valence-corrected chi connectivity index (χ0v) is 22.7. The SMILES string of the molecule is COc1ccc2c(c1)N(c1ccc(F)cc1)C(=O)C2(CCC(=O)[O-])NC(=O)c1cc2ccccc2cn1.[Na+]. The number of amides is 2. The predicted molar refractivity (Wildman–Crippen MR) is 132 cm³/mol. The molecule has 0 aliphatic carbocycles. The normalized spacial score (nSPS) is 16.1. The third kappa shape index (κ3) is 4.88. The van der Waals surface area contributed by atoms with Gasteiger partial charge in [-0.25, -0.2) is 4.39 Å². The maximum atomic E-state index is 14.1. The van der Waals surface area contributed by atoms with Crippen LogP contribution in [0.1, 0.15) is 28.9 Å². The van der Waals surface area contributed by atoms with Gasteiger partial charge in [0.05, 0.1) is 12.8 Å². The Hall–Kier alpha value is -3.79. The Morgan fingerprint density at radius 3 is 2.45 bits per heavy atom. The molecule has 1 atom stereocenters. The summed E-state index contributed by atoms with van der Waals surface area (Å²) in [6.07, 6.45) is 0.780. The Labute approximate surface area is 239 Å². The molecule has 1 aromatic heterocycles. The molecule has 1 N–H and O–H groups in total. The number of carboxylic acids is 1. The number of pyridine rings is 1. The predicted octanol–water partition coefficient (Wildman–Crippen LogP) is 0.220. The first-order valence-corrected chi connectivity index (χ1v) is 11.5. The summed E-state index contributed by atoms with van der Waals surface area (Å²) < 4.78 is 19.0. The number of nitrogens with one attached hydrogen (secondary N) is 1. The molecule has 8 nitrogen and oxygen atoms in total. The van der Waals surface area contributed by atoms with E-state index in [0.29, 0.717) is 22.7 Å². The van der Waals surface area contributed by atoms with E-state index in [1.54, 1.807) is 30.5 Å². The van der Waals surface area contributed by atoms with Gasteiger partial charge in [0.15, 0.2) is 0 Å². The van der Waals surface area contributed by atoms with Gasteiger partial charge in [-0.3, -0.25) is 19.5 Å². The molecule has 38 heavy (non-hydrogen) atoms. The van der Waals surface area contributed by atoms with E-state index in [2.05, 4.69) is 10.3 Å². The van der Waals surface area contributed by atoms with Gasteiger partial charge in [-0.15, -0.1) is 0 Å². The van der Waals surface area contributed by atoms with Crippen molar-refractivity contribution >= 4 is 39.9 Å². The number of hydrogen-bond donors (Lipinski definition) is 1. The molecule has 186 valence electrons. The van der Waals surface area contributed by atoms with E-state index in [1.165, 1.54) is 36.3 Å². The molecule has 4 aromatic rings. The number of rotatable bonds is 7. The minimum atomic E-state index is -1.75. The number of aromatic nitrogens is 1. The first kappa shape index (κ1) is 27.3. The summed E-state index contributed by atoms with van der Waals surface area (Å²) >= 11 is 0. The Bertz CT molecular complexity index is 1550. The molecule has 1 aliphatic heterocycles. The van der Waals surface area contributed by atoms with Gasteiger partial charge in [0.1, 0.15) is 22.8 Å². The van der Waals surface area contributed by atoms with Crippen molar-refractivity contribution in [2.24, 2.45) is 0 Å². The minimum Gasteiger partial charge on any atom is -0.550 e. The average molecular weight is 521 g/mol. The van der Waals surface area contributed by atoms with E-state index in [1.807, 2.05) is 24.3 Å². The van der Waals surface area contributed by atoms with Gasteiger partial charge < -0.3 is 20.0 Å². The van der Waals surface area contributed by atoms with Gasteiger partial charge in [0.2, 0.25) is 0 Å². The minimum absolute atomic E-state index is 0. The summed E-state index contributed by atoms with van der Waals surface area (Å²) in [5.41, 5.74) is -0.594. The van der Waals surface area contributed by atoms with Crippen molar-refractivity contribution in [3.05, 3.63) is 96.1 Å². The summed E-state index contributed by atoms with van der Waals surface area (Å²) in [6.45, 7) is 0. The first-order valence-electron chi connectivity index (χ1n) is 11.5. The monoisotopic (exact) mass is 521 g/mol. The van der Waals surface area contributed by atoms with Crippen LogP contribution in [0.25, 0.3) is 10.8 Å². The van der Waals surface area contributed by atoms with Gasteiger partial charge >= 0.3 is 29.6 Å². The van der Waals surface area contributed by atoms with Crippen LogP contribution in [0.4, 0.5) is 15.8 Å². The Kier molecular flexibility index (Phi) is 7.82. The molecular weight excluding hydrogens is 500 g/mol. The number of ether oxygens (including phenoxy) is 1. The zero-order valence-electron chi connectivity index (χ0n) is 20.7. The van der Waals surface area contributed by atoms with Crippen LogP contribution in [-0.4, -0.2) is 29.9 Å². The summed E-state index contributed by atoms with van der Waals surface area (Å²) in [7, 11) is 1.47. The Balaban J connectivity index is 0.00000336. The van der Waals surface area contributed by atoms with Crippen molar-refractivity contribution in [3.8, 4) is 5.75 Å². The second-order valence-corrected chi connectivity index (χ2v) is 8.65. The number of benzene rings is 3. The average Bonchev–Trinajstić information content (AvgIpc) is 3.14. The molecular formula is C28H21FN3NaO5. The Morgan fingerprint density at radius 1 is 1.05 bits per heavy atom. The van der Waals surface area contributed by atoms with Crippen molar-refractivity contribution in [2.45, 2.75) is 18.4 Å². The molecule has 0 saturated carbocycles. The van der Waals surface area contributed by atoms with Crippen molar-refractivity contribution in [3.63, 3.8) is 0 Å². The third-order valence-electron chi connectivity index (χ3n) is 6.45. The molecule has 0 fully saturated rings. The number of anilines is 2. The molecule has 1 unspecified atom stereocenters. The van der Waals surface area contributed by atoms with E-state index < -0.39 is 35.6 Å². The van der Waals surface area contributed by atoms with E-state index in [0.717, 1.165) is 10.8 Å². The molecule has 2 amide bonds. The smallest absolute Gasteiger partial charge is 0.550 e. The molecule has 0 radical (unpaired) electrons. The fourth-order valence-corrected chi connectivity index (χ4v) is 4.63. The fourth-order valence-electron chi connectivity index (χ4n) is 4.63. The number of carboxylic acid groups (broad SMARTS) is 1. The quantitative estimate of drug-likeness (QED) is 0.349. The standard InChI is InChI=1S/C28H22FN3O5.Na/c1-37-21-10-11-22-24(15-21)32(20-8-6-19(29)7-9-20)27(36)28(22,13-12-25(33)34)31-26(35)23-14-17-4-2-3-5-18(17)16-30-23;/h2-11,14-16H,12-13H2,1H3,(H,31,35)(H,33,34);/q;+1/p-1. The molecule has 0 saturated heterocycles. The second-order valence-electron chi connectivity index (χ2n) is 8.65. The molecule has 0 bridgehead atoms. The van der Waals surface area contributed by atoms with Gasteiger partial charge in [-0.05, 0) is 54.6 Å². The molecule has 1 aliphatic rings. The number of fused-ring (bicyclic) bond motifs is 2. The van der Waals surface area contributed by atoms with Crippen molar-refractivity contribution in [1.82, 2.24) is 10.3 Å². The maximum absolute atomic E-state index is 14.1.